The van der Waals surface area contributed by atoms with Crippen LogP contribution in [0.25, 0.3) is 0 Å². The fourth-order valence-corrected chi connectivity index (χ4v) is 2.51. The van der Waals surface area contributed by atoms with Gasteiger partial charge < -0.3 is 15.4 Å². The standard InChI is InChI=1S/C19H22F2N2O2.ClH/c20-19(21)25-17-10-5-4-9-16(17)13-18(24)23(12-6-11-22)14-15-7-2-1-3-8-15;/h1-5,7-10,19H,6,11-14,22H2;1H. The number of nitrogens with two attached hydrogens (primary N) is 1. The Balaban J connectivity index is 0.00000338. The molecule has 0 spiro atoms. The lowest BCUT2D eigenvalue weighted by Crippen LogP contribution is -2.33. The number of hydrogen-bond acceptors (Lipinski definition) is 3. The molecule has 0 aromatic heterocycles. The lowest BCUT2D eigenvalue weighted by atomic mass is 10.1. The predicted octanol–water partition coefficient (Wildman–Crippen LogP) is 3.63. The minimum atomic E-state index is -2.92. The number of carbonyl (C=O) groups is 1. The average Bonchev–Trinajstić information content (AvgIpc) is 2.60. The Kier molecular flexibility index (Phi) is 9.62. The molecular weight excluding hydrogens is 362 g/mol. The van der Waals surface area contributed by atoms with Gasteiger partial charge >= 0.3 is 6.61 Å². The van der Waals surface area contributed by atoms with Gasteiger partial charge in [0.2, 0.25) is 5.91 Å². The van der Waals surface area contributed by atoms with E-state index in [0.717, 1.165) is 5.56 Å². The highest BCUT2D eigenvalue weighted by Crippen LogP contribution is 2.21. The topological polar surface area (TPSA) is 55.6 Å². The molecule has 0 unspecified atom stereocenters. The highest BCUT2D eigenvalue weighted by molar-refractivity contribution is 5.85. The van der Waals surface area contributed by atoms with Crippen molar-refractivity contribution in [1.29, 1.82) is 0 Å². The van der Waals surface area contributed by atoms with Crippen molar-refractivity contribution in [3.8, 4) is 5.75 Å². The molecule has 0 atom stereocenters. The van der Waals surface area contributed by atoms with Crippen LogP contribution in [0.2, 0.25) is 0 Å². The van der Waals surface area contributed by atoms with Gasteiger partial charge in [-0.2, -0.15) is 8.78 Å². The lowest BCUT2D eigenvalue weighted by molar-refractivity contribution is -0.131. The average molecular weight is 385 g/mol. The van der Waals surface area contributed by atoms with Crippen molar-refractivity contribution in [2.75, 3.05) is 13.1 Å². The third-order valence-electron chi connectivity index (χ3n) is 3.73. The minimum Gasteiger partial charge on any atom is -0.435 e. The first kappa shape index (κ1) is 21.9. The SMILES string of the molecule is Cl.NCCCN(Cc1ccccc1)C(=O)Cc1ccccc1OC(F)F. The van der Waals surface area contributed by atoms with Gasteiger partial charge in [-0.15, -0.1) is 12.4 Å². The number of hydrogen-bond donors (Lipinski definition) is 1. The Bertz CT molecular complexity index is 672. The molecule has 26 heavy (non-hydrogen) atoms. The van der Waals surface area contributed by atoms with E-state index in [1.807, 2.05) is 30.3 Å². The second-order valence-corrected chi connectivity index (χ2v) is 5.61. The Morgan fingerprint density at radius 3 is 2.38 bits per heavy atom. The maximum absolute atomic E-state index is 12.7. The van der Waals surface area contributed by atoms with E-state index in [1.54, 1.807) is 23.1 Å². The van der Waals surface area contributed by atoms with Gasteiger partial charge in [-0.05, 0) is 24.6 Å². The fraction of sp³-hybridized carbons (Fsp3) is 0.316. The number of amides is 1. The molecule has 0 fully saturated rings. The van der Waals surface area contributed by atoms with Gasteiger partial charge in [0.25, 0.3) is 0 Å². The molecule has 2 aromatic rings. The molecule has 0 saturated heterocycles. The van der Waals surface area contributed by atoms with E-state index in [1.165, 1.54) is 6.07 Å². The maximum Gasteiger partial charge on any atom is 0.387 e. The number of rotatable bonds is 9. The molecule has 0 aliphatic carbocycles. The Morgan fingerprint density at radius 2 is 1.73 bits per heavy atom. The first-order valence-corrected chi connectivity index (χ1v) is 8.14. The molecule has 4 nitrogen and oxygen atoms in total. The number of benzene rings is 2. The van der Waals surface area contributed by atoms with E-state index in [0.29, 0.717) is 31.6 Å². The molecule has 0 aliphatic rings. The minimum absolute atomic E-state index is 0. The van der Waals surface area contributed by atoms with Gasteiger partial charge in [0.15, 0.2) is 0 Å². The third-order valence-corrected chi connectivity index (χ3v) is 3.73. The summed E-state index contributed by atoms with van der Waals surface area (Å²) in [5.74, 6) is -0.119. The predicted molar refractivity (Wildman–Crippen MR) is 99.6 cm³/mol. The summed E-state index contributed by atoms with van der Waals surface area (Å²) in [5, 5.41) is 0. The monoisotopic (exact) mass is 384 g/mol. The van der Waals surface area contributed by atoms with Crippen LogP contribution < -0.4 is 10.5 Å². The number of nitrogens with zero attached hydrogens (tertiary/aromatic N) is 1. The highest BCUT2D eigenvalue weighted by Gasteiger charge is 2.17. The third kappa shape index (κ3) is 6.98. The highest BCUT2D eigenvalue weighted by atomic mass is 35.5. The van der Waals surface area contributed by atoms with E-state index in [4.69, 9.17) is 5.73 Å². The number of alkyl halides is 2. The zero-order valence-electron chi connectivity index (χ0n) is 14.3. The maximum atomic E-state index is 12.7. The van der Waals surface area contributed by atoms with E-state index >= 15 is 0 Å². The smallest absolute Gasteiger partial charge is 0.387 e. The number of para-hydroxylation sites is 1. The summed E-state index contributed by atoms with van der Waals surface area (Å²) in [5.41, 5.74) is 7.01. The molecule has 2 N–H and O–H groups in total. The van der Waals surface area contributed by atoms with Crippen LogP contribution in [-0.4, -0.2) is 30.5 Å². The van der Waals surface area contributed by atoms with E-state index in [9.17, 15) is 13.6 Å². The van der Waals surface area contributed by atoms with E-state index < -0.39 is 6.61 Å². The van der Waals surface area contributed by atoms with Crippen molar-refractivity contribution in [2.24, 2.45) is 5.73 Å². The largest absolute Gasteiger partial charge is 0.435 e. The molecular formula is C19H23ClF2N2O2. The van der Waals surface area contributed by atoms with Crippen LogP contribution in [0.15, 0.2) is 54.6 Å². The van der Waals surface area contributed by atoms with Crippen LogP contribution in [0, 0.1) is 0 Å². The van der Waals surface area contributed by atoms with Crippen LogP contribution in [0.3, 0.4) is 0 Å². The normalized spacial score (nSPS) is 10.3. The van der Waals surface area contributed by atoms with Crippen molar-refractivity contribution in [3.63, 3.8) is 0 Å². The fourth-order valence-electron chi connectivity index (χ4n) is 2.51. The summed E-state index contributed by atoms with van der Waals surface area (Å²) in [6, 6.07) is 16.0. The van der Waals surface area contributed by atoms with Gasteiger partial charge in [0, 0.05) is 18.7 Å². The van der Waals surface area contributed by atoms with Crippen molar-refractivity contribution in [2.45, 2.75) is 26.0 Å². The van der Waals surface area contributed by atoms with Crippen molar-refractivity contribution in [3.05, 3.63) is 65.7 Å². The molecule has 0 saturated carbocycles. The zero-order chi connectivity index (χ0) is 18.1. The van der Waals surface area contributed by atoms with Crippen LogP contribution in [0.1, 0.15) is 17.5 Å². The van der Waals surface area contributed by atoms with Crippen molar-refractivity contribution >= 4 is 18.3 Å². The molecule has 2 aromatic carbocycles. The second kappa shape index (κ2) is 11.4. The molecule has 2 rings (SSSR count). The van der Waals surface area contributed by atoms with E-state index in [2.05, 4.69) is 4.74 Å². The molecule has 0 bridgehead atoms. The van der Waals surface area contributed by atoms with Crippen LogP contribution in [0.5, 0.6) is 5.75 Å². The van der Waals surface area contributed by atoms with E-state index in [-0.39, 0.29) is 30.5 Å². The van der Waals surface area contributed by atoms with Crippen molar-refractivity contribution < 1.29 is 18.3 Å². The summed E-state index contributed by atoms with van der Waals surface area (Å²) in [6.45, 7) is -1.47. The number of halogens is 3. The van der Waals surface area contributed by atoms with Crippen LogP contribution >= 0.6 is 12.4 Å². The summed E-state index contributed by atoms with van der Waals surface area (Å²) < 4.78 is 29.5. The van der Waals surface area contributed by atoms with Gasteiger partial charge in [0.05, 0.1) is 6.42 Å². The number of carbonyl (C=O) groups excluding carboxylic acids is 1. The summed E-state index contributed by atoms with van der Waals surface area (Å²) in [7, 11) is 0. The lowest BCUT2D eigenvalue weighted by Gasteiger charge is -2.23. The molecule has 1 amide bonds. The molecule has 142 valence electrons. The van der Waals surface area contributed by atoms with Gasteiger partial charge in [-0.3, -0.25) is 4.79 Å². The quantitative estimate of drug-likeness (QED) is 0.718. The summed E-state index contributed by atoms with van der Waals surface area (Å²) in [6.07, 6.45) is 0.675. The van der Waals surface area contributed by atoms with Gasteiger partial charge in [-0.1, -0.05) is 48.5 Å². The van der Waals surface area contributed by atoms with Gasteiger partial charge in [0.1, 0.15) is 5.75 Å². The summed E-state index contributed by atoms with van der Waals surface area (Å²) >= 11 is 0. The Labute approximate surface area is 158 Å². The van der Waals surface area contributed by atoms with Crippen LogP contribution in [0.4, 0.5) is 8.78 Å². The molecule has 0 heterocycles. The van der Waals surface area contributed by atoms with Crippen LogP contribution in [-0.2, 0) is 17.8 Å². The number of ether oxygens (including phenoxy) is 1. The molecule has 7 heteroatoms. The Morgan fingerprint density at radius 1 is 1.08 bits per heavy atom. The molecule has 0 aliphatic heterocycles. The van der Waals surface area contributed by atoms with Gasteiger partial charge in [-0.25, -0.2) is 0 Å². The summed E-state index contributed by atoms with van der Waals surface area (Å²) in [4.78, 5) is 14.4. The second-order valence-electron chi connectivity index (χ2n) is 5.61. The van der Waals surface area contributed by atoms with Crippen molar-refractivity contribution in [1.82, 2.24) is 4.90 Å². The zero-order valence-corrected chi connectivity index (χ0v) is 15.1. The first-order valence-electron chi connectivity index (χ1n) is 8.14. The Hall–Kier alpha value is -2.18. The molecule has 0 radical (unpaired) electrons. The first-order chi connectivity index (χ1) is 12.1.